The van der Waals surface area contributed by atoms with Gasteiger partial charge in [-0.25, -0.2) is 4.79 Å². The number of rotatable bonds is 12. The van der Waals surface area contributed by atoms with Crippen LogP contribution < -0.4 is 5.32 Å². The summed E-state index contributed by atoms with van der Waals surface area (Å²) in [5.74, 6) is 0. The van der Waals surface area contributed by atoms with Crippen LogP contribution in [0.4, 0.5) is 4.79 Å². The lowest BCUT2D eigenvalue weighted by Crippen LogP contribution is -2.60. The van der Waals surface area contributed by atoms with Crippen LogP contribution in [0, 0.1) is 0 Å². The van der Waals surface area contributed by atoms with Gasteiger partial charge in [0, 0.05) is 12.6 Å². The zero-order chi connectivity index (χ0) is 20.6. The highest BCUT2D eigenvalue weighted by Crippen LogP contribution is 2.29. The van der Waals surface area contributed by atoms with Crippen molar-refractivity contribution in [2.24, 2.45) is 0 Å². The molecule has 10 heteroatoms. The first kappa shape index (κ1) is 25.8. The van der Waals surface area contributed by atoms with Gasteiger partial charge < -0.3 is 22.4 Å². The van der Waals surface area contributed by atoms with E-state index in [-0.39, 0.29) is 6.61 Å². The van der Waals surface area contributed by atoms with Crippen molar-refractivity contribution >= 4 is 39.8 Å². The molecule has 0 radical (unpaired) electrons. The minimum atomic E-state index is -2.82. The molecule has 0 saturated carbocycles. The molecular weight excluding hydrogens is 399 g/mol. The van der Waals surface area contributed by atoms with E-state index in [2.05, 4.69) is 70.8 Å². The maximum Gasteiger partial charge on any atom is 0.469 e. The lowest BCUT2D eigenvalue weighted by molar-refractivity contribution is 0.158. The Kier molecular flexibility index (Phi) is 10.2. The second kappa shape index (κ2) is 10.3. The van der Waals surface area contributed by atoms with Crippen molar-refractivity contribution in [2.75, 3.05) is 13.2 Å². The van der Waals surface area contributed by atoms with E-state index in [1.165, 1.54) is 0 Å². The van der Waals surface area contributed by atoms with E-state index < -0.39 is 39.8 Å². The second-order valence-electron chi connectivity index (χ2n) is 9.24. The van der Waals surface area contributed by atoms with E-state index in [4.69, 9.17) is 17.1 Å². The van der Waals surface area contributed by atoms with Crippen LogP contribution in [-0.4, -0.2) is 53.0 Å². The topological polar surface area (TPSA) is 66.0 Å². The molecule has 0 heterocycles. The lowest BCUT2D eigenvalue weighted by Gasteiger charge is -2.42. The number of amides is 1. The van der Waals surface area contributed by atoms with Crippen molar-refractivity contribution in [1.29, 1.82) is 0 Å². The third-order valence-corrected chi connectivity index (χ3v) is 14.7. The van der Waals surface area contributed by atoms with E-state index in [0.717, 1.165) is 6.42 Å². The molecular formula is C16H39NO5Si4. The standard InChI is InChI=1S/C16H39NO5Si4/c1-11-14-19-16(18)17-13-12-15-26(20-23(2,3)4,21-24(5,6)7)22-25(8,9)10/h11H,1,12-15H2,2-10H3,(H,17,18). The van der Waals surface area contributed by atoms with Crippen LogP contribution in [0.3, 0.4) is 0 Å². The minimum Gasteiger partial charge on any atom is -0.445 e. The fourth-order valence-electron chi connectivity index (χ4n) is 2.30. The van der Waals surface area contributed by atoms with Crippen molar-refractivity contribution in [3.63, 3.8) is 0 Å². The number of ether oxygens (including phenoxy) is 1. The summed E-state index contributed by atoms with van der Waals surface area (Å²) in [4.78, 5) is 11.6. The number of carbonyl (C=O) groups excluding carboxylic acids is 1. The van der Waals surface area contributed by atoms with Gasteiger partial charge in [-0.05, 0) is 65.3 Å². The SMILES string of the molecule is C=CCOC(=O)NCCC[Si](O[Si](C)(C)C)(O[Si](C)(C)C)O[Si](C)(C)C. The monoisotopic (exact) mass is 437 g/mol. The normalized spacial score (nSPS) is 13.4. The van der Waals surface area contributed by atoms with Crippen LogP contribution in [-0.2, 0) is 17.1 Å². The Balaban J connectivity index is 5.14. The fraction of sp³-hybridized carbons (Fsp3) is 0.812. The maximum atomic E-state index is 11.6. The Labute approximate surface area is 164 Å². The second-order valence-corrected chi connectivity index (χ2v) is 26.2. The lowest BCUT2D eigenvalue weighted by atomic mass is 10.5. The summed E-state index contributed by atoms with van der Waals surface area (Å²) in [7, 11) is -8.40. The molecule has 1 N–H and O–H groups in total. The molecule has 0 aromatic heterocycles. The molecule has 0 fully saturated rings. The molecule has 0 aliphatic carbocycles. The van der Waals surface area contributed by atoms with E-state index in [1.807, 2.05) is 0 Å². The molecule has 0 bridgehead atoms. The molecule has 0 aromatic rings. The number of nitrogens with one attached hydrogen (secondary N) is 1. The summed E-state index contributed by atoms with van der Waals surface area (Å²) in [6.45, 7) is 23.7. The van der Waals surface area contributed by atoms with Crippen LogP contribution in [0.1, 0.15) is 6.42 Å². The summed E-state index contributed by atoms with van der Waals surface area (Å²) in [5.41, 5.74) is 0. The summed E-state index contributed by atoms with van der Waals surface area (Å²) in [6.07, 6.45) is 1.85. The van der Waals surface area contributed by atoms with Crippen molar-refractivity contribution in [3.8, 4) is 0 Å². The Morgan fingerprint density at radius 1 is 0.885 bits per heavy atom. The van der Waals surface area contributed by atoms with E-state index in [9.17, 15) is 4.79 Å². The van der Waals surface area contributed by atoms with Crippen LogP contribution in [0.15, 0.2) is 12.7 Å². The zero-order valence-corrected chi connectivity index (χ0v) is 22.2. The molecule has 0 aliphatic heterocycles. The predicted molar refractivity (Wildman–Crippen MR) is 118 cm³/mol. The molecule has 0 atom stereocenters. The van der Waals surface area contributed by atoms with Gasteiger partial charge in [0.2, 0.25) is 0 Å². The molecule has 0 aliphatic rings. The Bertz CT molecular complexity index is 414. The predicted octanol–water partition coefficient (Wildman–Crippen LogP) is 4.78. The van der Waals surface area contributed by atoms with Gasteiger partial charge in [-0.2, -0.15) is 0 Å². The Morgan fingerprint density at radius 2 is 1.31 bits per heavy atom. The molecule has 26 heavy (non-hydrogen) atoms. The number of carbonyl (C=O) groups is 1. The smallest absolute Gasteiger partial charge is 0.445 e. The molecule has 1 amide bonds. The van der Waals surface area contributed by atoms with Crippen LogP contribution in [0.2, 0.25) is 65.0 Å². The first-order chi connectivity index (χ1) is 11.6. The van der Waals surface area contributed by atoms with Gasteiger partial charge >= 0.3 is 14.9 Å². The van der Waals surface area contributed by atoms with Crippen molar-refractivity contribution < 1.29 is 21.9 Å². The summed E-state index contributed by atoms with van der Waals surface area (Å²) >= 11 is 0. The van der Waals surface area contributed by atoms with E-state index in [1.54, 1.807) is 6.08 Å². The van der Waals surface area contributed by atoms with Crippen molar-refractivity contribution in [3.05, 3.63) is 12.7 Å². The highest BCUT2D eigenvalue weighted by Gasteiger charge is 2.49. The van der Waals surface area contributed by atoms with Gasteiger partial charge in [0.05, 0.1) is 0 Å². The molecule has 154 valence electrons. The third kappa shape index (κ3) is 13.9. The number of hydrogen-bond donors (Lipinski definition) is 1. The molecule has 0 saturated heterocycles. The quantitative estimate of drug-likeness (QED) is 0.270. The fourth-order valence-corrected chi connectivity index (χ4v) is 17.0. The summed E-state index contributed by atoms with van der Waals surface area (Å²) < 4.78 is 24.7. The van der Waals surface area contributed by atoms with Gasteiger partial charge in [0.25, 0.3) is 0 Å². The maximum absolute atomic E-state index is 11.6. The highest BCUT2D eigenvalue weighted by molar-refractivity contribution is 6.90. The van der Waals surface area contributed by atoms with Gasteiger partial charge in [-0.1, -0.05) is 12.7 Å². The minimum absolute atomic E-state index is 0.209. The molecule has 0 spiro atoms. The number of alkyl carbamates (subject to hydrolysis) is 1. The highest BCUT2D eigenvalue weighted by atomic mass is 28.5. The van der Waals surface area contributed by atoms with Crippen LogP contribution in [0.25, 0.3) is 0 Å². The summed E-state index contributed by atoms with van der Waals surface area (Å²) in [5, 5.41) is 2.76. The van der Waals surface area contributed by atoms with E-state index >= 15 is 0 Å². The third-order valence-electron chi connectivity index (χ3n) is 2.65. The largest absolute Gasteiger partial charge is 0.469 e. The molecule has 0 unspecified atom stereocenters. The summed E-state index contributed by atoms with van der Waals surface area (Å²) in [6, 6.07) is 0.702. The number of hydrogen-bond acceptors (Lipinski definition) is 5. The average Bonchev–Trinajstić information content (AvgIpc) is 2.35. The van der Waals surface area contributed by atoms with Gasteiger partial charge in [-0.3, -0.25) is 0 Å². The molecule has 0 rings (SSSR count). The van der Waals surface area contributed by atoms with Crippen molar-refractivity contribution in [2.45, 2.75) is 71.4 Å². The van der Waals surface area contributed by atoms with Crippen molar-refractivity contribution in [1.82, 2.24) is 5.32 Å². The molecule has 0 aromatic carbocycles. The van der Waals surface area contributed by atoms with Gasteiger partial charge in [-0.15, -0.1) is 0 Å². The first-order valence-corrected chi connectivity index (χ1v) is 21.4. The van der Waals surface area contributed by atoms with Gasteiger partial charge in [0.1, 0.15) is 6.61 Å². The first-order valence-electron chi connectivity index (χ1n) is 9.20. The average molecular weight is 438 g/mol. The molecule has 6 nitrogen and oxygen atoms in total. The Morgan fingerprint density at radius 3 is 1.65 bits per heavy atom. The Hall–Kier alpha value is -0.242. The van der Waals surface area contributed by atoms with Crippen LogP contribution in [0.5, 0.6) is 0 Å². The zero-order valence-electron chi connectivity index (χ0n) is 18.2. The van der Waals surface area contributed by atoms with Crippen LogP contribution >= 0.6 is 0 Å². The van der Waals surface area contributed by atoms with Gasteiger partial charge in [0.15, 0.2) is 25.0 Å². The van der Waals surface area contributed by atoms with E-state index in [0.29, 0.717) is 12.6 Å².